The first kappa shape index (κ1) is 16.3. The molecule has 3 heterocycles. The topological polar surface area (TPSA) is 65.6 Å². The van der Waals surface area contributed by atoms with E-state index in [0.717, 1.165) is 66.8 Å². The first-order valence-electron chi connectivity index (χ1n) is 8.96. The molecule has 0 atom stereocenters. The van der Waals surface area contributed by atoms with Crippen LogP contribution in [0.4, 0.5) is 5.82 Å². The summed E-state index contributed by atoms with van der Waals surface area (Å²) < 4.78 is 6.06. The molecule has 0 radical (unpaired) electrons. The van der Waals surface area contributed by atoms with Crippen molar-refractivity contribution in [1.82, 2.24) is 14.9 Å². The number of rotatable bonds is 5. The van der Waals surface area contributed by atoms with Crippen LogP contribution in [0.2, 0.25) is 0 Å². The molecule has 0 saturated carbocycles. The van der Waals surface area contributed by atoms with Crippen molar-refractivity contribution in [3.05, 3.63) is 30.6 Å². The van der Waals surface area contributed by atoms with E-state index in [9.17, 15) is 0 Å². The third-order valence-electron chi connectivity index (χ3n) is 5.20. The number of para-hydroxylation sites is 1. The molecule has 1 aromatic carbocycles. The fraction of sp³-hybridized carbons (Fsp3) is 0.474. The van der Waals surface area contributed by atoms with Crippen LogP contribution in [0.15, 0.2) is 35.0 Å². The number of piperidine rings is 1. The summed E-state index contributed by atoms with van der Waals surface area (Å²) in [6.07, 6.45) is 4.66. The lowest BCUT2D eigenvalue weighted by molar-refractivity contribution is 0.184. The lowest BCUT2D eigenvalue weighted by Crippen LogP contribution is -2.44. The van der Waals surface area contributed by atoms with Gasteiger partial charge in [-0.15, -0.1) is 0 Å². The standard InChI is InChI=1S/C19H24N4O2/c1-22(9-4-12-24)14-7-10-23(11-8-14)19-18-17(20-13-21-19)15-5-2-3-6-16(15)25-18/h2-3,5-6,13-14,24H,4,7-12H2,1H3. The van der Waals surface area contributed by atoms with Crippen LogP contribution in [0, 0.1) is 0 Å². The SMILES string of the molecule is CN(CCCO)C1CCN(c2ncnc3c2oc2ccccc23)CC1. The lowest BCUT2D eigenvalue weighted by atomic mass is 10.0. The van der Waals surface area contributed by atoms with Crippen molar-refractivity contribution < 1.29 is 9.52 Å². The summed E-state index contributed by atoms with van der Waals surface area (Å²) in [4.78, 5) is 13.6. The predicted octanol–water partition coefficient (Wildman–Crippen LogP) is 2.66. The number of aliphatic hydroxyl groups is 1. The summed E-state index contributed by atoms with van der Waals surface area (Å²) in [6.45, 7) is 3.12. The molecule has 0 spiro atoms. The van der Waals surface area contributed by atoms with Crippen LogP contribution in [0.5, 0.6) is 0 Å². The van der Waals surface area contributed by atoms with Crippen molar-refractivity contribution in [1.29, 1.82) is 0 Å². The number of hydrogen-bond donors (Lipinski definition) is 1. The maximum absolute atomic E-state index is 9.01. The maximum atomic E-state index is 9.01. The molecule has 6 nitrogen and oxygen atoms in total. The summed E-state index contributed by atoms with van der Waals surface area (Å²) in [6, 6.07) is 8.57. The van der Waals surface area contributed by atoms with Crippen molar-refractivity contribution in [3.8, 4) is 0 Å². The van der Waals surface area contributed by atoms with Gasteiger partial charge in [0.05, 0.1) is 0 Å². The Labute approximate surface area is 147 Å². The van der Waals surface area contributed by atoms with Gasteiger partial charge in [0.1, 0.15) is 17.4 Å². The quantitative estimate of drug-likeness (QED) is 0.770. The first-order chi connectivity index (χ1) is 12.3. The van der Waals surface area contributed by atoms with E-state index < -0.39 is 0 Å². The monoisotopic (exact) mass is 340 g/mol. The Bertz CT molecular complexity index is 855. The highest BCUT2D eigenvalue weighted by Crippen LogP contribution is 2.33. The van der Waals surface area contributed by atoms with E-state index in [1.165, 1.54) is 0 Å². The first-order valence-corrected chi connectivity index (χ1v) is 8.96. The Hall–Kier alpha value is -2.18. The zero-order valence-electron chi connectivity index (χ0n) is 14.6. The Kier molecular flexibility index (Phi) is 4.55. The average molecular weight is 340 g/mol. The van der Waals surface area contributed by atoms with Crippen molar-refractivity contribution in [2.24, 2.45) is 0 Å². The molecule has 1 fully saturated rings. The van der Waals surface area contributed by atoms with Gasteiger partial charge in [-0.1, -0.05) is 12.1 Å². The van der Waals surface area contributed by atoms with Crippen molar-refractivity contribution >= 4 is 27.9 Å². The van der Waals surface area contributed by atoms with E-state index in [1.807, 2.05) is 24.3 Å². The van der Waals surface area contributed by atoms with E-state index in [-0.39, 0.29) is 6.61 Å². The molecule has 1 N–H and O–H groups in total. The normalized spacial score (nSPS) is 16.4. The Morgan fingerprint density at radius 3 is 2.84 bits per heavy atom. The molecule has 0 aliphatic carbocycles. The van der Waals surface area contributed by atoms with Gasteiger partial charge < -0.3 is 19.3 Å². The largest absolute Gasteiger partial charge is 0.450 e. The van der Waals surface area contributed by atoms with E-state index in [0.29, 0.717) is 6.04 Å². The molecule has 25 heavy (non-hydrogen) atoms. The molecule has 6 heteroatoms. The van der Waals surface area contributed by atoms with Crippen molar-refractivity contribution in [2.75, 3.05) is 38.2 Å². The summed E-state index contributed by atoms with van der Waals surface area (Å²) in [7, 11) is 2.15. The van der Waals surface area contributed by atoms with Gasteiger partial charge in [-0.25, -0.2) is 9.97 Å². The third-order valence-corrected chi connectivity index (χ3v) is 5.20. The van der Waals surface area contributed by atoms with Crippen LogP contribution in [0.3, 0.4) is 0 Å². The van der Waals surface area contributed by atoms with Gasteiger partial charge in [-0.05, 0) is 38.4 Å². The van der Waals surface area contributed by atoms with Gasteiger partial charge in [0.2, 0.25) is 0 Å². The van der Waals surface area contributed by atoms with Gasteiger partial charge in [-0.3, -0.25) is 0 Å². The fourth-order valence-electron chi connectivity index (χ4n) is 3.76. The third kappa shape index (κ3) is 3.07. The number of fused-ring (bicyclic) bond motifs is 3. The number of anilines is 1. The molecule has 4 rings (SSSR count). The van der Waals surface area contributed by atoms with E-state index >= 15 is 0 Å². The molecule has 0 unspecified atom stereocenters. The maximum Gasteiger partial charge on any atom is 0.196 e. The number of aliphatic hydroxyl groups excluding tert-OH is 1. The van der Waals surface area contributed by atoms with E-state index in [4.69, 9.17) is 9.52 Å². The van der Waals surface area contributed by atoms with Gasteiger partial charge in [0.25, 0.3) is 0 Å². The summed E-state index contributed by atoms with van der Waals surface area (Å²) >= 11 is 0. The van der Waals surface area contributed by atoms with Gasteiger partial charge in [0, 0.05) is 37.7 Å². The second kappa shape index (κ2) is 6.98. The molecular formula is C19H24N4O2. The minimum atomic E-state index is 0.258. The van der Waals surface area contributed by atoms with Crippen LogP contribution >= 0.6 is 0 Å². The lowest BCUT2D eigenvalue weighted by Gasteiger charge is -2.37. The molecule has 3 aromatic rings. The smallest absolute Gasteiger partial charge is 0.196 e. The number of aromatic nitrogens is 2. The average Bonchev–Trinajstić information content (AvgIpc) is 3.05. The Morgan fingerprint density at radius 1 is 1.24 bits per heavy atom. The molecule has 132 valence electrons. The zero-order valence-corrected chi connectivity index (χ0v) is 14.6. The molecule has 0 amide bonds. The predicted molar refractivity (Wildman–Crippen MR) is 98.9 cm³/mol. The Morgan fingerprint density at radius 2 is 2.04 bits per heavy atom. The summed E-state index contributed by atoms with van der Waals surface area (Å²) in [5, 5.41) is 10.0. The number of nitrogens with zero attached hydrogens (tertiary/aromatic N) is 4. The highest BCUT2D eigenvalue weighted by Gasteiger charge is 2.25. The number of furan rings is 1. The summed E-state index contributed by atoms with van der Waals surface area (Å²) in [5.74, 6) is 0.901. The van der Waals surface area contributed by atoms with Crippen LogP contribution in [0.25, 0.3) is 22.1 Å². The van der Waals surface area contributed by atoms with E-state index in [1.54, 1.807) is 6.33 Å². The molecule has 1 saturated heterocycles. The van der Waals surface area contributed by atoms with Crippen molar-refractivity contribution in [2.45, 2.75) is 25.3 Å². The highest BCUT2D eigenvalue weighted by molar-refractivity contribution is 6.05. The van der Waals surface area contributed by atoms with Gasteiger partial charge in [-0.2, -0.15) is 0 Å². The van der Waals surface area contributed by atoms with Gasteiger partial charge in [0.15, 0.2) is 11.4 Å². The number of hydrogen-bond acceptors (Lipinski definition) is 6. The number of benzene rings is 1. The second-order valence-corrected chi connectivity index (χ2v) is 6.75. The molecule has 1 aliphatic heterocycles. The van der Waals surface area contributed by atoms with E-state index in [2.05, 4.69) is 26.8 Å². The molecule has 1 aliphatic rings. The second-order valence-electron chi connectivity index (χ2n) is 6.75. The van der Waals surface area contributed by atoms with Crippen LogP contribution in [-0.4, -0.2) is 59.3 Å². The van der Waals surface area contributed by atoms with Crippen LogP contribution in [0.1, 0.15) is 19.3 Å². The molecular weight excluding hydrogens is 316 g/mol. The summed E-state index contributed by atoms with van der Waals surface area (Å²) in [5.41, 5.74) is 2.54. The fourth-order valence-corrected chi connectivity index (χ4v) is 3.76. The zero-order chi connectivity index (χ0) is 17.2. The minimum Gasteiger partial charge on any atom is -0.450 e. The minimum absolute atomic E-state index is 0.258. The van der Waals surface area contributed by atoms with Crippen LogP contribution in [-0.2, 0) is 0 Å². The highest BCUT2D eigenvalue weighted by atomic mass is 16.3. The molecule has 2 aromatic heterocycles. The van der Waals surface area contributed by atoms with Crippen molar-refractivity contribution in [3.63, 3.8) is 0 Å². The van der Waals surface area contributed by atoms with Gasteiger partial charge >= 0.3 is 0 Å². The molecule has 0 bridgehead atoms. The van der Waals surface area contributed by atoms with Crippen LogP contribution < -0.4 is 4.90 Å². The Balaban J connectivity index is 1.55.